The van der Waals surface area contributed by atoms with Crippen molar-refractivity contribution < 1.29 is 18.8 Å². The van der Waals surface area contributed by atoms with Gasteiger partial charge in [-0.15, -0.1) is 11.8 Å². The second-order valence-corrected chi connectivity index (χ2v) is 8.86. The largest absolute Gasteiger partial charge is 0.325 e. The van der Waals surface area contributed by atoms with Crippen LogP contribution in [0.5, 0.6) is 0 Å². The zero-order chi connectivity index (χ0) is 22.0. The molecule has 4 amide bonds. The highest BCUT2D eigenvalue weighted by Gasteiger charge is 2.52. The van der Waals surface area contributed by atoms with E-state index in [4.69, 9.17) is 0 Å². The highest BCUT2D eigenvalue weighted by atomic mass is 32.2. The van der Waals surface area contributed by atoms with Crippen molar-refractivity contribution >= 4 is 29.6 Å². The predicted octanol–water partition coefficient (Wildman–Crippen LogP) is 3.65. The third-order valence-corrected chi connectivity index (χ3v) is 6.99. The number of imide groups is 1. The Hall–Kier alpha value is -2.87. The molecule has 0 bridgehead atoms. The number of amides is 4. The molecule has 0 aromatic heterocycles. The first-order valence-corrected chi connectivity index (χ1v) is 11.4. The first kappa shape index (κ1) is 21.4. The first-order chi connectivity index (χ1) is 15.0. The average molecular weight is 442 g/mol. The number of benzene rings is 2. The van der Waals surface area contributed by atoms with Gasteiger partial charge in [0, 0.05) is 17.9 Å². The van der Waals surface area contributed by atoms with Crippen molar-refractivity contribution in [3.05, 3.63) is 71.5 Å². The quantitative estimate of drug-likeness (QED) is 0.695. The van der Waals surface area contributed by atoms with Gasteiger partial charge in [-0.2, -0.15) is 0 Å². The van der Waals surface area contributed by atoms with E-state index in [1.54, 1.807) is 23.1 Å². The molecule has 6 nitrogen and oxygen atoms in total. The molecule has 2 aliphatic heterocycles. The van der Waals surface area contributed by atoms with Crippen LogP contribution in [-0.4, -0.2) is 46.5 Å². The van der Waals surface area contributed by atoms with Crippen LogP contribution in [0.3, 0.4) is 0 Å². The van der Waals surface area contributed by atoms with Gasteiger partial charge in [-0.05, 0) is 18.1 Å². The normalized spacial score (nSPS) is 23.4. The van der Waals surface area contributed by atoms with Gasteiger partial charge in [0.2, 0.25) is 5.91 Å². The lowest BCUT2D eigenvalue weighted by molar-refractivity contribution is -0.139. The van der Waals surface area contributed by atoms with E-state index in [0.29, 0.717) is 36.3 Å². The van der Waals surface area contributed by atoms with Crippen molar-refractivity contribution in [2.24, 2.45) is 0 Å². The van der Waals surface area contributed by atoms with Crippen LogP contribution in [0.1, 0.15) is 36.3 Å². The van der Waals surface area contributed by atoms with E-state index in [1.807, 2.05) is 37.3 Å². The maximum Gasteiger partial charge on any atom is 0.325 e. The summed E-state index contributed by atoms with van der Waals surface area (Å²) >= 11 is 1.47. The SMILES string of the molecule is CCC[C@@]1(c2ccccc2)NC(=O)N(CC(=O)N2CCS[C@H]2c2ccccc2F)C1=O. The molecule has 0 spiro atoms. The number of hydrogen-bond donors (Lipinski definition) is 1. The number of nitrogens with one attached hydrogen (secondary N) is 1. The third kappa shape index (κ3) is 3.80. The fraction of sp³-hybridized carbons (Fsp3) is 0.348. The van der Waals surface area contributed by atoms with Crippen molar-refractivity contribution in [2.75, 3.05) is 18.8 Å². The van der Waals surface area contributed by atoms with Gasteiger partial charge in [0.1, 0.15) is 23.3 Å². The van der Waals surface area contributed by atoms with Gasteiger partial charge in [-0.1, -0.05) is 61.9 Å². The van der Waals surface area contributed by atoms with Crippen LogP contribution >= 0.6 is 11.8 Å². The van der Waals surface area contributed by atoms with E-state index in [2.05, 4.69) is 5.32 Å². The molecule has 4 rings (SSSR count). The highest BCUT2D eigenvalue weighted by molar-refractivity contribution is 7.99. The summed E-state index contributed by atoms with van der Waals surface area (Å²) < 4.78 is 14.3. The molecule has 162 valence electrons. The van der Waals surface area contributed by atoms with Crippen LogP contribution in [0.2, 0.25) is 0 Å². The van der Waals surface area contributed by atoms with Gasteiger partial charge in [-0.3, -0.25) is 14.5 Å². The summed E-state index contributed by atoms with van der Waals surface area (Å²) in [5.41, 5.74) is -0.0378. The van der Waals surface area contributed by atoms with Crippen molar-refractivity contribution in [1.29, 1.82) is 0 Å². The molecule has 0 unspecified atom stereocenters. The lowest BCUT2D eigenvalue weighted by atomic mass is 9.85. The Morgan fingerprint density at radius 3 is 2.58 bits per heavy atom. The van der Waals surface area contributed by atoms with E-state index >= 15 is 0 Å². The lowest BCUT2D eigenvalue weighted by Gasteiger charge is -2.28. The molecule has 1 N–H and O–H groups in total. The van der Waals surface area contributed by atoms with Gasteiger partial charge in [0.05, 0.1) is 0 Å². The fourth-order valence-corrected chi connectivity index (χ4v) is 5.56. The zero-order valence-corrected chi connectivity index (χ0v) is 18.0. The van der Waals surface area contributed by atoms with Crippen molar-refractivity contribution in [3.63, 3.8) is 0 Å². The maximum atomic E-state index is 14.3. The smallest absolute Gasteiger partial charge is 0.324 e. The summed E-state index contributed by atoms with van der Waals surface area (Å²) in [6, 6.07) is 14.9. The molecule has 2 heterocycles. The second-order valence-electron chi connectivity index (χ2n) is 7.67. The number of carbonyl (C=O) groups excluding carboxylic acids is 3. The number of rotatable bonds is 6. The summed E-state index contributed by atoms with van der Waals surface area (Å²) in [6.07, 6.45) is 1.12. The molecule has 0 saturated carbocycles. The van der Waals surface area contributed by atoms with E-state index in [-0.39, 0.29) is 18.3 Å². The van der Waals surface area contributed by atoms with Crippen LogP contribution in [-0.2, 0) is 15.1 Å². The van der Waals surface area contributed by atoms with Gasteiger partial charge >= 0.3 is 6.03 Å². The molecular weight excluding hydrogens is 417 g/mol. The summed E-state index contributed by atoms with van der Waals surface area (Å²) in [7, 11) is 0. The topological polar surface area (TPSA) is 69.7 Å². The van der Waals surface area contributed by atoms with Gasteiger partial charge in [-0.25, -0.2) is 9.18 Å². The number of hydrogen-bond acceptors (Lipinski definition) is 4. The van der Waals surface area contributed by atoms with Crippen molar-refractivity contribution in [3.8, 4) is 0 Å². The molecular formula is C23H24FN3O3S. The number of urea groups is 1. The van der Waals surface area contributed by atoms with Crippen molar-refractivity contribution in [2.45, 2.75) is 30.7 Å². The van der Waals surface area contributed by atoms with Crippen molar-refractivity contribution in [1.82, 2.24) is 15.1 Å². The number of thioether (sulfide) groups is 1. The monoisotopic (exact) mass is 441 g/mol. The van der Waals surface area contributed by atoms with Gasteiger partial charge < -0.3 is 10.2 Å². The molecule has 8 heteroatoms. The highest BCUT2D eigenvalue weighted by Crippen LogP contribution is 2.39. The summed E-state index contributed by atoms with van der Waals surface area (Å²) in [4.78, 5) is 41.8. The number of nitrogens with zero attached hydrogens (tertiary/aromatic N) is 2. The fourth-order valence-electron chi connectivity index (χ4n) is 4.26. The average Bonchev–Trinajstić information content (AvgIpc) is 3.35. The predicted molar refractivity (Wildman–Crippen MR) is 117 cm³/mol. The Morgan fingerprint density at radius 1 is 1.16 bits per heavy atom. The summed E-state index contributed by atoms with van der Waals surface area (Å²) in [5, 5.41) is 2.37. The lowest BCUT2D eigenvalue weighted by Crippen LogP contribution is -2.45. The molecule has 2 aromatic carbocycles. The third-order valence-electron chi connectivity index (χ3n) is 5.74. The number of carbonyl (C=O) groups is 3. The van der Waals surface area contributed by atoms with E-state index in [1.165, 1.54) is 17.8 Å². The molecule has 2 saturated heterocycles. The van der Waals surface area contributed by atoms with Crippen LogP contribution < -0.4 is 5.32 Å². The Bertz CT molecular complexity index is 1000. The minimum Gasteiger partial charge on any atom is -0.324 e. The minimum atomic E-state index is -1.17. The molecule has 2 aromatic rings. The van der Waals surface area contributed by atoms with Gasteiger partial charge in [0.15, 0.2) is 0 Å². The molecule has 2 atom stereocenters. The Morgan fingerprint density at radius 2 is 1.87 bits per heavy atom. The Kier molecular flexibility index (Phi) is 6.00. The summed E-state index contributed by atoms with van der Waals surface area (Å²) in [5.74, 6) is -0.509. The molecule has 2 fully saturated rings. The van der Waals surface area contributed by atoms with Gasteiger partial charge in [0.25, 0.3) is 5.91 Å². The molecule has 0 radical (unpaired) electrons. The zero-order valence-electron chi connectivity index (χ0n) is 17.2. The van der Waals surface area contributed by atoms with Crippen LogP contribution in [0.4, 0.5) is 9.18 Å². The van der Waals surface area contributed by atoms with E-state index in [9.17, 15) is 18.8 Å². The summed E-state index contributed by atoms with van der Waals surface area (Å²) in [6.45, 7) is 2.01. The van der Waals surface area contributed by atoms with E-state index in [0.717, 1.165) is 4.90 Å². The molecule has 31 heavy (non-hydrogen) atoms. The Labute approximate surface area is 184 Å². The van der Waals surface area contributed by atoms with E-state index < -0.39 is 22.9 Å². The van der Waals surface area contributed by atoms with Crippen LogP contribution in [0.15, 0.2) is 54.6 Å². The maximum absolute atomic E-state index is 14.3. The number of halogens is 1. The van der Waals surface area contributed by atoms with Crippen LogP contribution in [0, 0.1) is 5.82 Å². The Balaban J connectivity index is 1.56. The molecule has 0 aliphatic carbocycles. The standard InChI is InChI=1S/C23H24FN3O3S/c1-2-12-23(16-8-4-3-5-9-16)21(29)27(22(30)25-23)15-19(28)26-13-14-31-20(26)17-10-6-7-11-18(17)24/h3-11,20H,2,12-15H2,1H3,(H,25,30)/t20-,23-/m0/s1. The molecule has 2 aliphatic rings. The minimum absolute atomic E-state index is 0.367. The van der Waals surface area contributed by atoms with Crippen LogP contribution in [0.25, 0.3) is 0 Å². The second kappa shape index (κ2) is 8.70. The first-order valence-electron chi connectivity index (χ1n) is 10.3.